The Balaban J connectivity index is 0.000000234. The van der Waals surface area contributed by atoms with Crippen LogP contribution in [0.25, 0.3) is 0 Å². The number of rotatable bonds is 6. The lowest BCUT2D eigenvalue weighted by Gasteiger charge is -2.05. The largest absolute Gasteiger partial charge is 0.508 e. The highest BCUT2D eigenvalue weighted by Crippen LogP contribution is 2.18. The van der Waals surface area contributed by atoms with E-state index in [1.807, 2.05) is 19.1 Å². The van der Waals surface area contributed by atoms with Gasteiger partial charge in [-0.2, -0.15) is 0 Å². The number of Topliss-reactive ketones (excluding diaryl/α,β-unsaturated/α-hetero) is 1. The molecule has 200 valence electrons. The van der Waals surface area contributed by atoms with Crippen LogP contribution >= 0.6 is 11.6 Å². The molecule has 0 aliphatic carbocycles. The van der Waals surface area contributed by atoms with Crippen molar-refractivity contribution < 1.29 is 33.8 Å². The normalized spacial score (nSPS) is 9.54. The summed E-state index contributed by atoms with van der Waals surface area (Å²) < 4.78 is 10.2. The second-order valence-corrected chi connectivity index (χ2v) is 8.39. The Hall–Kier alpha value is -4.75. The third kappa shape index (κ3) is 10.6. The number of carbonyl (C=O) groups excluding carboxylic acids is 4. The van der Waals surface area contributed by atoms with Crippen molar-refractivity contribution in [3.8, 4) is 17.2 Å². The van der Waals surface area contributed by atoms with Crippen molar-refractivity contribution in [3.05, 3.63) is 125 Å². The minimum absolute atomic E-state index is 0.0416. The lowest BCUT2D eigenvalue weighted by atomic mass is 10.1. The monoisotopic (exact) mass is 546 g/mol. The van der Waals surface area contributed by atoms with Crippen molar-refractivity contribution in [2.45, 2.75) is 13.8 Å². The molecule has 0 saturated heterocycles. The average Bonchev–Trinajstić information content (AvgIpc) is 2.95. The molecule has 0 aliphatic heterocycles. The number of phenolic OH excluding ortho intramolecular Hbond substituents is 1. The van der Waals surface area contributed by atoms with Gasteiger partial charge in [-0.25, -0.2) is 4.79 Å². The zero-order valence-electron chi connectivity index (χ0n) is 21.6. The fraction of sp³-hybridized carbons (Fsp3) is 0.0968. The van der Waals surface area contributed by atoms with Crippen molar-refractivity contribution in [3.63, 3.8) is 0 Å². The third-order valence-electron chi connectivity index (χ3n) is 5.10. The summed E-state index contributed by atoms with van der Waals surface area (Å²) >= 11 is 5.17. The quantitative estimate of drug-likeness (QED) is 0.0942. The maximum Gasteiger partial charge on any atom is 0.343 e. The van der Waals surface area contributed by atoms with Gasteiger partial charge in [-0.05, 0) is 86.1 Å². The van der Waals surface area contributed by atoms with Crippen LogP contribution in [0.4, 0.5) is 0 Å². The Bertz CT molecular complexity index is 1360. The summed E-state index contributed by atoms with van der Waals surface area (Å²) in [5.41, 5.74) is 3.06. The lowest BCUT2D eigenvalue weighted by molar-refractivity contribution is 0.0733. The van der Waals surface area contributed by atoms with Crippen molar-refractivity contribution >= 4 is 34.9 Å². The van der Waals surface area contributed by atoms with E-state index >= 15 is 0 Å². The molecule has 0 aromatic heterocycles. The highest BCUT2D eigenvalue weighted by molar-refractivity contribution is 6.67. The van der Waals surface area contributed by atoms with Crippen molar-refractivity contribution in [2.75, 3.05) is 7.11 Å². The predicted octanol–water partition coefficient (Wildman–Crippen LogP) is 6.70. The van der Waals surface area contributed by atoms with E-state index in [0.29, 0.717) is 45.8 Å². The standard InChI is InChI=1S/C16H14O4.C8H5ClO2.C7H8O/c1-11(17)12-3-5-13(6-4-12)16(18)20-15-9-7-14(19-2)8-10-15;9-8(11)7-3-1-6(5-10)2-4-7;1-6-2-4-7(8)5-3-6/h3-10H,1-2H3;1-5H;2-5,8H,1H3. The molecule has 4 rings (SSSR count). The zero-order chi connectivity index (χ0) is 28.8. The van der Waals surface area contributed by atoms with Gasteiger partial charge in [0, 0.05) is 16.7 Å². The Labute approximate surface area is 231 Å². The van der Waals surface area contributed by atoms with Gasteiger partial charge in [-0.15, -0.1) is 0 Å². The van der Waals surface area contributed by atoms with Crippen LogP contribution in [0.15, 0.2) is 97.1 Å². The minimum Gasteiger partial charge on any atom is -0.508 e. The highest BCUT2D eigenvalue weighted by Gasteiger charge is 2.09. The van der Waals surface area contributed by atoms with Gasteiger partial charge in [0.2, 0.25) is 0 Å². The Morgan fingerprint density at radius 1 is 0.718 bits per heavy atom. The van der Waals surface area contributed by atoms with E-state index in [2.05, 4.69) is 0 Å². The van der Waals surface area contributed by atoms with Crippen molar-refractivity contribution in [1.29, 1.82) is 0 Å². The molecule has 0 fully saturated rings. The molecule has 7 nitrogen and oxygen atoms in total. The number of esters is 1. The van der Waals surface area contributed by atoms with Gasteiger partial charge in [-0.3, -0.25) is 14.4 Å². The number of carbonyl (C=O) groups is 4. The Kier molecular flexibility index (Phi) is 12.1. The molecule has 0 unspecified atom stereocenters. The van der Waals surface area contributed by atoms with Crippen molar-refractivity contribution in [1.82, 2.24) is 0 Å². The van der Waals surface area contributed by atoms with Gasteiger partial charge in [0.1, 0.15) is 23.5 Å². The Morgan fingerprint density at radius 3 is 1.64 bits per heavy atom. The third-order valence-corrected chi connectivity index (χ3v) is 5.32. The number of ether oxygens (including phenoxy) is 2. The van der Waals surface area contributed by atoms with Gasteiger partial charge in [-0.1, -0.05) is 42.0 Å². The van der Waals surface area contributed by atoms with E-state index in [-0.39, 0.29) is 5.78 Å². The molecular weight excluding hydrogens is 520 g/mol. The Morgan fingerprint density at radius 2 is 1.21 bits per heavy atom. The number of halogens is 1. The molecule has 0 aliphatic rings. The number of ketones is 1. The molecule has 8 heteroatoms. The second kappa shape index (κ2) is 15.5. The van der Waals surface area contributed by atoms with Crippen LogP contribution < -0.4 is 9.47 Å². The van der Waals surface area contributed by atoms with E-state index in [1.165, 1.54) is 24.6 Å². The lowest BCUT2D eigenvalue weighted by Crippen LogP contribution is -2.08. The number of aromatic hydroxyl groups is 1. The molecular formula is C31H27ClO7. The average molecular weight is 547 g/mol. The smallest absolute Gasteiger partial charge is 0.343 e. The summed E-state index contributed by atoms with van der Waals surface area (Å²) in [6.45, 7) is 3.46. The number of phenols is 1. The molecule has 4 aromatic carbocycles. The molecule has 0 saturated carbocycles. The molecule has 4 aromatic rings. The first kappa shape index (κ1) is 30.5. The summed E-state index contributed by atoms with van der Waals surface area (Å²) in [4.78, 5) is 43.8. The van der Waals surface area contributed by atoms with Crippen LogP contribution in [0.5, 0.6) is 17.2 Å². The van der Waals surface area contributed by atoms with E-state index in [4.69, 9.17) is 26.2 Å². The van der Waals surface area contributed by atoms with Gasteiger partial charge >= 0.3 is 5.97 Å². The zero-order valence-corrected chi connectivity index (χ0v) is 22.3. The first-order valence-electron chi connectivity index (χ1n) is 11.6. The summed E-state index contributed by atoms with van der Waals surface area (Å²) in [6, 6.07) is 26.3. The first-order chi connectivity index (χ1) is 18.6. The molecule has 1 N–H and O–H groups in total. The topological polar surface area (TPSA) is 107 Å². The van der Waals surface area contributed by atoms with Gasteiger partial charge < -0.3 is 14.6 Å². The second-order valence-electron chi connectivity index (χ2n) is 8.05. The number of hydrogen-bond acceptors (Lipinski definition) is 7. The summed E-state index contributed by atoms with van der Waals surface area (Å²) in [7, 11) is 1.57. The number of hydrogen-bond donors (Lipinski definition) is 1. The summed E-state index contributed by atoms with van der Waals surface area (Å²) in [5.74, 6) is 0.947. The molecule has 0 heterocycles. The van der Waals surface area contributed by atoms with E-state index in [1.54, 1.807) is 79.9 Å². The van der Waals surface area contributed by atoms with Gasteiger partial charge in [0.05, 0.1) is 12.7 Å². The van der Waals surface area contributed by atoms with E-state index in [9.17, 15) is 19.2 Å². The summed E-state index contributed by atoms with van der Waals surface area (Å²) in [6.07, 6.45) is 0.711. The molecule has 0 spiro atoms. The number of methoxy groups -OCH3 is 1. The van der Waals surface area contributed by atoms with Crippen LogP contribution in [0.2, 0.25) is 0 Å². The highest BCUT2D eigenvalue weighted by atomic mass is 35.5. The molecule has 0 amide bonds. The minimum atomic E-state index is -0.512. The fourth-order valence-corrected chi connectivity index (χ4v) is 3.01. The molecule has 39 heavy (non-hydrogen) atoms. The molecule has 0 radical (unpaired) electrons. The van der Waals surface area contributed by atoms with Crippen LogP contribution in [-0.2, 0) is 0 Å². The van der Waals surface area contributed by atoms with Crippen LogP contribution in [0, 0.1) is 6.92 Å². The maximum atomic E-state index is 11.9. The molecule has 0 bridgehead atoms. The van der Waals surface area contributed by atoms with Crippen LogP contribution in [0.3, 0.4) is 0 Å². The van der Waals surface area contributed by atoms with E-state index < -0.39 is 11.2 Å². The van der Waals surface area contributed by atoms with Crippen LogP contribution in [0.1, 0.15) is 53.9 Å². The SMILES string of the molecule is COc1ccc(OC(=O)c2ccc(C(C)=O)cc2)cc1.Cc1ccc(O)cc1.O=Cc1ccc(C(=O)Cl)cc1. The number of aldehydes is 1. The van der Waals surface area contributed by atoms with Gasteiger partial charge in [0.15, 0.2) is 5.78 Å². The molecule has 0 atom stereocenters. The predicted molar refractivity (Wildman–Crippen MR) is 149 cm³/mol. The number of aryl methyl sites for hydroxylation is 1. The first-order valence-corrected chi connectivity index (χ1v) is 12.0. The number of benzene rings is 4. The summed E-state index contributed by atoms with van der Waals surface area (Å²) in [5, 5.41) is 8.25. The van der Waals surface area contributed by atoms with Gasteiger partial charge in [0.25, 0.3) is 5.24 Å². The fourth-order valence-electron chi connectivity index (χ4n) is 2.89. The van der Waals surface area contributed by atoms with Crippen molar-refractivity contribution in [2.24, 2.45) is 0 Å². The maximum absolute atomic E-state index is 11.9. The van der Waals surface area contributed by atoms with E-state index in [0.717, 1.165) is 0 Å². The van der Waals surface area contributed by atoms with Crippen LogP contribution in [-0.4, -0.2) is 35.5 Å².